The average molecular weight is 324 g/mol. The first kappa shape index (κ1) is 14.2. The molecule has 0 unspecified atom stereocenters. The van der Waals surface area contributed by atoms with E-state index in [4.69, 9.17) is 22.3 Å². The molecule has 1 aromatic heterocycles. The van der Waals surface area contributed by atoms with Gasteiger partial charge in [-0.3, -0.25) is 4.57 Å². The Kier molecular flexibility index (Phi) is 3.80. The van der Waals surface area contributed by atoms with E-state index < -0.39 is 20.0 Å². The zero-order valence-electron chi connectivity index (χ0n) is 9.64. The van der Waals surface area contributed by atoms with Crippen molar-refractivity contribution >= 4 is 31.3 Å². The van der Waals surface area contributed by atoms with Crippen LogP contribution in [0, 0.1) is 5.82 Å². The van der Waals surface area contributed by atoms with Crippen LogP contribution < -0.4 is 0 Å². The summed E-state index contributed by atoms with van der Waals surface area (Å²) in [4.78, 5) is 0. The minimum absolute atomic E-state index is 0.0572. The standard InChI is InChI=1S/C10H8Cl2FN3O2S/c1-2-16-9(14-15-10(16)19(12,17)18)6-4-3-5-7(11)8(6)13/h3-5H,2H2,1H3. The van der Waals surface area contributed by atoms with E-state index in [2.05, 4.69) is 10.2 Å². The quantitative estimate of drug-likeness (QED) is 0.814. The van der Waals surface area contributed by atoms with Gasteiger partial charge in [0.1, 0.15) is 0 Å². The van der Waals surface area contributed by atoms with Crippen molar-refractivity contribution in [2.75, 3.05) is 0 Å². The Labute approximate surface area is 118 Å². The van der Waals surface area contributed by atoms with Gasteiger partial charge >= 0.3 is 0 Å². The molecule has 0 bridgehead atoms. The number of benzene rings is 1. The summed E-state index contributed by atoms with van der Waals surface area (Å²) in [7, 11) is 1.19. The first-order valence-corrected chi connectivity index (χ1v) is 7.87. The molecule has 2 aromatic rings. The van der Waals surface area contributed by atoms with Crippen molar-refractivity contribution in [3.8, 4) is 11.4 Å². The zero-order valence-corrected chi connectivity index (χ0v) is 12.0. The number of aromatic nitrogens is 3. The first-order valence-electron chi connectivity index (χ1n) is 5.18. The third-order valence-corrected chi connectivity index (χ3v) is 3.89. The average Bonchev–Trinajstić information content (AvgIpc) is 2.76. The van der Waals surface area contributed by atoms with E-state index in [9.17, 15) is 12.8 Å². The minimum atomic E-state index is -4.05. The Morgan fingerprint density at radius 1 is 1.37 bits per heavy atom. The van der Waals surface area contributed by atoms with E-state index in [1.165, 1.54) is 22.8 Å². The zero-order chi connectivity index (χ0) is 14.2. The fourth-order valence-electron chi connectivity index (χ4n) is 1.63. The second-order valence-corrected chi connectivity index (χ2v) is 6.46. The largest absolute Gasteiger partial charge is 0.297 e. The predicted octanol–water partition coefficient (Wildman–Crippen LogP) is 2.69. The van der Waals surface area contributed by atoms with E-state index in [0.29, 0.717) is 0 Å². The summed E-state index contributed by atoms with van der Waals surface area (Å²) in [5.74, 6) is -0.633. The van der Waals surface area contributed by atoms with Crippen molar-refractivity contribution in [2.45, 2.75) is 18.6 Å². The molecule has 1 aromatic carbocycles. The highest BCUT2D eigenvalue weighted by atomic mass is 35.7. The van der Waals surface area contributed by atoms with Gasteiger partial charge in [-0.2, -0.15) is 0 Å². The molecule has 0 fully saturated rings. The van der Waals surface area contributed by atoms with Gasteiger partial charge in [0.15, 0.2) is 11.6 Å². The first-order chi connectivity index (χ1) is 8.86. The lowest BCUT2D eigenvalue weighted by Gasteiger charge is -2.07. The lowest BCUT2D eigenvalue weighted by molar-refractivity contribution is 0.581. The Morgan fingerprint density at radius 2 is 2.05 bits per heavy atom. The molecule has 0 spiro atoms. The molecule has 0 aliphatic rings. The Bertz CT molecular complexity index is 730. The lowest BCUT2D eigenvalue weighted by Crippen LogP contribution is -2.06. The lowest BCUT2D eigenvalue weighted by atomic mass is 10.2. The molecule has 19 heavy (non-hydrogen) atoms. The third kappa shape index (κ3) is 2.58. The molecule has 5 nitrogen and oxygen atoms in total. The maximum Gasteiger partial charge on any atom is 0.296 e. The molecular formula is C10H8Cl2FN3O2S. The van der Waals surface area contributed by atoms with Crippen LogP contribution in [0.15, 0.2) is 23.4 Å². The van der Waals surface area contributed by atoms with Gasteiger partial charge in [0.2, 0.25) is 0 Å². The molecule has 0 aliphatic heterocycles. The van der Waals surface area contributed by atoms with Crippen LogP contribution in [0.25, 0.3) is 11.4 Å². The molecule has 0 saturated carbocycles. The van der Waals surface area contributed by atoms with E-state index >= 15 is 0 Å². The summed E-state index contributed by atoms with van der Waals surface area (Å²) in [6, 6.07) is 4.35. The number of hydrogen-bond donors (Lipinski definition) is 0. The van der Waals surface area contributed by atoms with Gasteiger partial charge in [0.25, 0.3) is 14.2 Å². The highest BCUT2D eigenvalue weighted by molar-refractivity contribution is 8.13. The second kappa shape index (κ2) is 5.07. The van der Waals surface area contributed by atoms with Crippen molar-refractivity contribution in [3.05, 3.63) is 29.0 Å². The maximum absolute atomic E-state index is 13.9. The highest BCUT2D eigenvalue weighted by Gasteiger charge is 2.24. The van der Waals surface area contributed by atoms with Crippen LogP contribution in [0.2, 0.25) is 5.02 Å². The number of hydrogen-bond acceptors (Lipinski definition) is 4. The smallest absolute Gasteiger partial charge is 0.296 e. The van der Waals surface area contributed by atoms with E-state index in [0.717, 1.165) is 0 Å². The normalized spacial score (nSPS) is 11.8. The minimum Gasteiger partial charge on any atom is -0.297 e. The Morgan fingerprint density at radius 3 is 2.63 bits per heavy atom. The number of nitrogens with zero attached hydrogens (tertiary/aromatic N) is 3. The van der Waals surface area contributed by atoms with Crippen molar-refractivity contribution in [1.29, 1.82) is 0 Å². The van der Waals surface area contributed by atoms with Gasteiger partial charge in [0.05, 0.1) is 10.6 Å². The summed E-state index contributed by atoms with van der Waals surface area (Å²) < 4.78 is 37.8. The van der Waals surface area contributed by atoms with Gasteiger partial charge in [0, 0.05) is 17.2 Å². The Hall–Kier alpha value is -1.18. The number of halogens is 3. The molecule has 0 N–H and O–H groups in total. The van der Waals surface area contributed by atoms with Crippen molar-refractivity contribution in [2.24, 2.45) is 0 Å². The number of rotatable bonds is 3. The molecule has 0 atom stereocenters. The van der Waals surface area contributed by atoms with Crippen molar-refractivity contribution in [1.82, 2.24) is 14.8 Å². The van der Waals surface area contributed by atoms with Crippen molar-refractivity contribution in [3.63, 3.8) is 0 Å². The second-order valence-electron chi connectivity index (χ2n) is 3.59. The van der Waals surface area contributed by atoms with Gasteiger partial charge in [-0.05, 0) is 19.1 Å². The molecular weight excluding hydrogens is 316 g/mol. The van der Waals surface area contributed by atoms with Crippen LogP contribution >= 0.6 is 22.3 Å². The summed E-state index contributed by atoms with van der Waals surface area (Å²) in [6.45, 7) is 1.89. The van der Waals surface area contributed by atoms with Gasteiger partial charge in [-0.1, -0.05) is 17.7 Å². The summed E-state index contributed by atoms with van der Waals surface area (Å²) in [5.41, 5.74) is 0.0633. The van der Waals surface area contributed by atoms with E-state index in [-0.39, 0.29) is 23.0 Å². The van der Waals surface area contributed by atoms with E-state index in [1.54, 1.807) is 6.92 Å². The molecule has 0 saturated heterocycles. The van der Waals surface area contributed by atoms with Crippen LogP contribution in [-0.4, -0.2) is 23.2 Å². The van der Waals surface area contributed by atoms with Crippen LogP contribution in [0.1, 0.15) is 6.92 Å². The maximum atomic E-state index is 13.9. The third-order valence-electron chi connectivity index (χ3n) is 2.44. The predicted molar refractivity (Wildman–Crippen MR) is 69.1 cm³/mol. The van der Waals surface area contributed by atoms with Gasteiger partial charge in [-0.15, -0.1) is 10.2 Å². The van der Waals surface area contributed by atoms with Crippen molar-refractivity contribution < 1.29 is 12.8 Å². The molecule has 102 valence electrons. The van der Waals surface area contributed by atoms with Crippen LogP contribution in [0.3, 0.4) is 0 Å². The van der Waals surface area contributed by atoms with Gasteiger partial charge < -0.3 is 0 Å². The Balaban J connectivity index is 2.71. The summed E-state index contributed by atoms with van der Waals surface area (Å²) in [6.07, 6.45) is 0. The fourth-order valence-corrected chi connectivity index (χ4v) is 2.76. The van der Waals surface area contributed by atoms with Crippen LogP contribution in [0.4, 0.5) is 4.39 Å². The summed E-state index contributed by atoms with van der Waals surface area (Å²) in [5, 5.41) is 6.66. The van der Waals surface area contributed by atoms with Crippen LogP contribution in [0.5, 0.6) is 0 Å². The highest BCUT2D eigenvalue weighted by Crippen LogP contribution is 2.28. The summed E-state index contributed by atoms with van der Waals surface area (Å²) >= 11 is 5.68. The monoisotopic (exact) mass is 323 g/mol. The molecule has 9 heteroatoms. The molecule has 0 amide bonds. The topological polar surface area (TPSA) is 64.8 Å². The SMILES string of the molecule is CCn1c(-c2cccc(Cl)c2F)nnc1S(=O)(=O)Cl. The molecule has 2 rings (SSSR count). The van der Waals surface area contributed by atoms with E-state index in [1.807, 2.05) is 0 Å². The van der Waals surface area contributed by atoms with Gasteiger partial charge in [-0.25, -0.2) is 12.8 Å². The molecule has 1 heterocycles. The fraction of sp³-hybridized carbons (Fsp3) is 0.200. The molecule has 0 aliphatic carbocycles. The molecule has 0 radical (unpaired) electrons. The van der Waals surface area contributed by atoms with Crippen LogP contribution in [-0.2, 0) is 15.6 Å².